The highest BCUT2D eigenvalue weighted by Gasteiger charge is 2.53. The lowest BCUT2D eigenvalue weighted by atomic mass is 9.86. The summed E-state index contributed by atoms with van der Waals surface area (Å²) >= 11 is 0. The summed E-state index contributed by atoms with van der Waals surface area (Å²) in [5, 5.41) is 28.4. The van der Waals surface area contributed by atoms with Gasteiger partial charge in [-0.2, -0.15) is 0 Å². The molecule has 36 heavy (non-hydrogen) atoms. The Hall–Kier alpha value is -0.280. The molecular weight excluding hydrogens is 460 g/mol. The van der Waals surface area contributed by atoms with Crippen LogP contribution in [0.1, 0.15) is 117 Å². The molecule has 0 radical (unpaired) electrons. The zero-order valence-electron chi connectivity index (χ0n) is 23.2. The van der Waals surface area contributed by atoms with Crippen LogP contribution in [0.3, 0.4) is 0 Å². The van der Waals surface area contributed by atoms with Gasteiger partial charge in [-0.3, -0.25) is 0 Å². The summed E-state index contributed by atoms with van der Waals surface area (Å²) in [7, 11) is 0. The molecule has 0 spiro atoms. The average molecular weight is 515 g/mol. The molecule has 4 heterocycles. The van der Waals surface area contributed by atoms with E-state index in [1.165, 1.54) is 12.8 Å². The van der Waals surface area contributed by atoms with E-state index in [0.29, 0.717) is 12.2 Å². The molecule has 0 aromatic rings. The van der Waals surface area contributed by atoms with E-state index in [1.54, 1.807) is 0 Å². The number of hydrogen-bond acceptors (Lipinski definition) is 7. The van der Waals surface area contributed by atoms with Crippen LogP contribution in [0.15, 0.2) is 0 Å². The van der Waals surface area contributed by atoms with Crippen LogP contribution in [-0.4, -0.2) is 83.0 Å². The fourth-order valence-corrected chi connectivity index (χ4v) is 6.76. The van der Waals surface area contributed by atoms with E-state index in [-0.39, 0.29) is 44.2 Å². The molecular formula is C29H54O7. The van der Waals surface area contributed by atoms with Crippen LogP contribution in [0.5, 0.6) is 0 Å². The molecule has 3 N–H and O–H groups in total. The van der Waals surface area contributed by atoms with Crippen molar-refractivity contribution in [3.63, 3.8) is 0 Å². The van der Waals surface area contributed by atoms with Gasteiger partial charge in [-0.25, -0.2) is 0 Å². The molecule has 0 aromatic heterocycles. The van der Waals surface area contributed by atoms with Gasteiger partial charge in [-0.1, -0.05) is 46.5 Å². The van der Waals surface area contributed by atoms with Gasteiger partial charge in [-0.05, 0) is 57.8 Å². The first-order valence-electron chi connectivity index (χ1n) is 15.0. The van der Waals surface area contributed by atoms with Crippen molar-refractivity contribution in [3.05, 3.63) is 0 Å². The molecule has 0 aromatic carbocycles. The molecule has 4 fully saturated rings. The van der Waals surface area contributed by atoms with E-state index in [1.807, 2.05) is 0 Å². The van der Waals surface area contributed by atoms with Crippen molar-refractivity contribution in [1.82, 2.24) is 0 Å². The van der Waals surface area contributed by atoms with Crippen LogP contribution in [0.4, 0.5) is 0 Å². The minimum absolute atomic E-state index is 0.0410. The highest BCUT2D eigenvalue weighted by molar-refractivity contribution is 5.02. The SMILES string of the molecule is CCCC[C@H]1C[C@]2(CO)O[C@@H](CCC)CC[C@@H]2O1.CCC[C@H]1CC[C@@H]2O[C@@H](CCCO)C[C@]2(CO)O1. The Bertz CT molecular complexity index is 566. The molecule has 0 amide bonds. The minimum atomic E-state index is -0.474. The maximum Gasteiger partial charge on any atom is 0.120 e. The van der Waals surface area contributed by atoms with E-state index in [0.717, 1.165) is 83.5 Å². The van der Waals surface area contributed by atoms with Gasteiger partial charge in [-0.15, -0.1) is 0 Å². The average Bonchev–Trinajstić information content (AvgIpc) is 3.45. The van der Waals surface area contributed by atoms with Crippen LogP contribution in [0.25, 0.3) is 0 Å². The zero-order valence-corrected chi connectivity index (χ0v) is 23.2. The molecule has 0 unspecified atom stereocenters. The van der Waals surface area contributed by atoms with Gasteiger partial charge in [0.1, 0.15) is 11.2 Å². The lowest BCUT2D eigenvalue weighted by molar-refractivity contribution is -0.183. The van der Waals surface area contributed by atoms with E-state index < -0.39 is 11.2 Å². The van der Waals surface area contributed by atoms with Gasteiger partial charge < -0.3 is 34.3 Å². The number of ether oxygens (including phenoxy) is 4. The molecule has 212 valence electrons. The summed E-state index contributed by atoms with van der Waals surface area (Å²) in [6, 6.07) is 0. The third-order valence-corrected chi connectivity index (χ3v) is 8.66. The molecule has 7 nitrogen and oxygen atoms in total. The molecule has 4 saturated heterocycles. The normalized spacial score (nSPS) is 39.8. The second-order valence-corrected chi connectivity index (χ2v) is 11.6. The van der Waals surface area contributed by atoms with Crippen molar-refractivity contribution in [2.45, 2.75) is 165 Å². The van der Waals surface area contributed by atoms with E-state index >= 15 is 0 Å². The van der Waals surface area contributed by atoms with Crippen LogP contribution in [0, 0.1) is 0 Å². The number of fused-ring (bicyclic) bond motifs is 2. The van der Waals surface area contributed by atoms with E-state index in [9.17, 15) is 10.2 Å². The Kier molecular flexibility index (Phi) is 12.4. The molecule has 8 atom stereocenters. The Morgan fingerprint density at radius 2 is 1.06 bits per heavy atom. The molecule has 4 aliphatic rings. The van der Waals surface area contributed by atoms with Crippen LogP contribution in [-0.2, 0) is 18.9 Å². The van der Waals surface area contributed by atoms with Crippen LogP contribution < -0.4 is 0 Å². The van der Waals surface area contributed by atoms with E-state index in [2.05, 4.69) is 20.8 Å². The van der Waals surface area contributed by atoms with Crippen molar-refractivity contribution in [2.75, 3.05) is 19.8 Å². The molecule has 0 bridgehead atoms. The number of aliphatic hydroxyl groups is 3. The van der Waals surface area contributed by atoms with Crippen LogP contribution in [0.2, 0.25) is 0 Å². The Morgan fingerprint density at radius 1 is 0.583 bits per heavy atom. The minimum Gasteiger partial charge on any atom is -0.396 e. The lowest BCUT2D eigenvalue weighted by Crippen LogP contribution is -2.51. The Balaban J connectivity index is 0.000000201. The van der Waals surface area contributed by atoms with Crippen molar-refractivity contribution in [3.8, 4) is 0 Å². The van der Waals surface area contributed by atoms with Gasteiger partial charge in [0.15, 0.2) is 0 Å². The molecule has 0 saturated carbocycles. The third kappa shape index (κ3) is 7.43. The largest absolute Gasteiger partial charge is 0.396 e. The van der Waals surface area contributed by atoms with Crippen molar-refractivity contribution in [1.29, 1.82) is 0 Å². The second-order valence-electron chi connectivity index (χ2n) is 11.6. The van der Waals surface area contributed by atoms with Gasteiger partial charge in [0.2, 0.25) is 0 Å². The van der Waals surface area contributed by atoms with Gasteiger partial charge in [0.25, 0.3) is 0 Å². The highest BCUT2D eigenvalue weighted by atomic mass is 16.6. The predicted molar refractivity (Wildman–Crippen MR) is 140 cm³/mol. The number of rotatable bonds is 12. The fourth-order valence-electron chi connectivity index (χ4n) is 6.76. The molecule has 0 aliphatic carbocycles. The monoisotopic (exact) mass is 514 g/mol. The van der Waals surface area contributed by atoms with Crippen molar-refractivity contribution < 1.29 is 34.3 Å². The molecule has 4 rings (SSSR count). The molecule has 4 aliphatic heterocycles. The van der Waals surface area contributed by atoms with Crippen LogP contribution >= 0.6 is 0 Å². The van der Waals surface area contributed by atoms with Gasteiger partial charge >= 0.3 is 0 Å². The maximum absolute atomic E-state index is 9.78. The fraction of sp³-hybridized carbons (Fsp3) is 1.00. The number of hydrogen-bond donors (Lipinski definition) is 3. The molecule has 7 heteroatoms. The Labute approximate surface area is 219 Å². The number of aliphatic hydroxyl groups excluding tert-OH is 3. The third-order valence-electron chi connectivity index (χ3n) is 8.66. The summed E-state index contributed by atoms with van der Waals surface area (Å²) in [5.41, 5.74) is -0.866. The standard InChI is InChI=1S/C15H28O3.C14H26O4/c1-3-5-7-13-10-15(11-16)14(17-13)9-8-12(18-15)6-4-2;1-2-4-11-6-7-13-14(10-16,18-11)9-12(17-13)5-3-8-15/h12-14,16H,3-11H2,1-2H3;11-13,15-16H,2-10H2,1H3/t12-,13-,14-,15+;11-,12-,13-,14+/m00/s1. The lowest BCUT2D eigenvalue weighted by Gasteiger charge is -2.40. The maximum atomic E-state index is 9.78. The first-order chi connectivity index (χ1) is 17.5. The second kappa shape index (κ2) is 14.8. The first-order valence-corrected chi connectivity index (χ1v) is 15.0. The summed E-state index contributed by atoms with van der Waals surface area (Å²) in [5.74, 6) is 0. The topological polar surface area (TPSA) is 97.6 Å². The van der Waals surface area contributed by atoms with E-state index in [4.69, 9.17) is 24.1 Å². The van der Waals surface area contributed by atoms with Gasteiger partial charge in [0.05, 0.1) is 49.8 Å². The van der Waals surface area contributed by atoms with Gasteiger partial charge in [0, 0.05) is 19.4 Å². The van der Waals surface area contributed by atoms with Crippen molar-refractivity contribution >= 4 is 0 Å². The summed E-state index contributed by atoms with van der Waals surface area (Å²) in [6.45, 7) is 6.92. The Morgan fingerprint density at radius 3 is 1.44 bits per heavy atom. The van der Waals surface area contributed by atoms with Crippen molar-refractivity contribution in [2.24, 2.45) is 0 Å². The summed E-state index contributed by atoms with van der Waals surface area (Å²) in [6.07, 6.45) is 16.6. The number of unbranched alkanes of at least 4 members (excludes halogenated alkanes) is 1. The smallest absolute Gasteiger partial charge is 0.120 e. The first kappa shape index (κ1) is 30.3. The highest BCUT2D eigenvalue weighted by Crippen LogP contribution is 2.44. The quantitative estimate of drug-likeness (QED) is 0.348. The summed E-state index contributed by atoms with van der Waals surface area (Å²) < 4.78 is 24.5. The predicted octanol–water partition coefficient (Wildman–Crippen LogP) is 4.67. The summed E-state index contributed by atoms with van der Waals surface area (Å²) in [4.78, 5) is 0. The zero-order chi connectivity index (χ0) is 26.0.